The van der Waals surface area contributed by atoms with Crippen LogP contribution >= 0.6 is 23.2 Å². The van der Waals surface area contributed by atoms with E-state index in [0.29, 0.717) is 30.0 Å². The Morgan fingerprint density at radius 3 is 2.64 bits per heavy atom. The van der Waals surface area contributed by atoms with Crippen molar-refractivity contribution in [3.63, 3.8) is 0 Å². The van der Waals surface area contributed by atoms with Crippen molar-refractivity contribution in [1.82, 2.24) is 25.0 Å². The van der Waals surface area contributed by atoms with Crippen LogP contribution in [0.3, 0.4) is 0 Å². The number of hydrogen-bond acceptors (Lipinski definition) is 6. The Balaban J connectivity index is 1.63. The number of nitrogens with two attached hydrogens (primary N) is 1. The number of hydrogen-bond donors (Lipinski definition) is 2. The third kappa shape index (κ3) is 4.87. The van der Waals surface area contributed by atoms with Crippen LogP contribution in [-0.2, 0) is 10.3 Å². The number of nitrogens with zero attached hydrogens (tertiary/aromatic N) is 4. The molecule has 3 N–H and O–H groups in total. The molecule has 1 unspecified atom stereocenters. The summed E-state index contributed by atoms with van der Waals surface area (Å²) in [6, 6.07) is 4.36. The number of rotatable bonds is 6. The number of halogens is 3. The molecule has 3 heterocycles. The Morgan fingerprint density at radius 1 is 1.25 bits per heavy atom. The third-order valence-corrected chi connectivity index (χ3v) is 7.16. The number of ether oxygens (including phenoxy) is 1. The number of benzene rings is 1. The van der Waals surface area contributed by atoms with Crippen molar-refractivity contribution in [3.8, 4) is 16.9 Å². The molecular weight excluding hydrogens is 506 g/mol. The highest BCUT2D eigenvalue weighted by molar-refractivity contribution is 6.36. The molecule has 8 nitrogen and oxygen atoms in total. The van der Waals surface area contributed by atoms with Crippen LogP contribution in [-0.4, -0.2) is 51.8 Å². The summed E-state index contributed by atoms with van der Waals surface area (Å²) in [5.41, 5.74) is 7.81. The van der Waals surface area contributed by atoms with E-state index in [1.165, 1.54) is 12.1 Å². The lowest BCUT2D eigenvalue weighted by molar-refractivity contribution is -0.140. The van der Waals surface area contributed by atoms with Crippen molar-refractivity contribution in [2.75, 3.05) is 31.9 Å². The van der Waals surface area contributed by atoms with Gasteiger partial charge in [0.05, 0.1) is 11.2 Å². The van der Waals surface area contributed by atoms with Gasteiger partial charge < -0.3 is 20.7 Å². The van der Waals surface area contributed by atoms with Crippen molar-refractivity contribution in [1.29, 1.82) is 0 Å². The van der Waals surface area contributed by atoms with Crippen LogP contribution in [0.15, 0.2) is 30.6 Å². The lowest BCUT2D eigenvalue weighted by atomic mass is 10.0. The molecule has 0 radical (unpaired) electrons. The minimum Gasteiger partial charge on any atom is -0.482 e. The Labute approximate surface area is 219 Å². The van der Waals surface area contributed by atoms with E-state index in [-0.39, 0.29) is 21.8 Å². The van der Waals surface area contributed by atoms with Gasteiger partial charge in [-0.25, -0.2) is 9.37 Å². The molecule has 0 spiro atoms. The summed E-state index contributed by atoms with van der Waals surface area (Å²) in [5, 5.41) is 7.99. The van der Waals surface area contributed by atoms with Crippen LogP contribution in [0.4, 0.5) is 10.2 Å². The van der Waals surface area contributed by atoms with Gasteiger partial charge in [0.15, 0.2) is 11.6 Å². The molecule has 1 amide bonds. The lowest BCUT2D eigenvalue weighted by Gasteiger charge is -2.35. The molecule has 11 heteroatoms. The fraction of sp³-hybridized carbons (Fsp3) is 0.400. The number of nitrogen functional groups attached to an aromatic ring is 1. The summed E-state index contributed by atoms with van der Waals surface area (Å²) in [6.07, 6.45) is 2.62. The monoisotopic (exact) mass is 534 g/mol. The topological polar surface area (TPSA) is 98.3 Å². The maximum absolute atomic E-state index is 14.0. The number of piperazine rings is 1. The van der Waals surface area contributed by atoms with E-state index in [9.17, 15) is 9.18 Å². The molecular formula is C25H29Cl2FN6O2. The first-order valence-corrected chi connectivity index (χ1v) is 12.4. The summed E-state index contributed by atoms with van der Waals surface area (Å²) in [4.78, 5) is 19.4. The molecule has 1 atom stereocenters. The SMILES string of the molecule is Cc1c(-c2cnc(N)c(OC(C)c3c(Cl)ccc(F)c3Cl)c2)cnn1C(C)(C)C(=O)N1CCNCC1. The van der Waals surface area contributed by atoms with Gasteiger partial charge in [0.1, 0.15) is 17.5 Å². The maximum atomic E-state index is 14.0. The fourth-order valence-corrected chi connectivity index (χ4v) is 5.14. The fourth-order valence-electron chi connectivity index (χ4n) is 4.46. The molecule has 4 rings (SSSR count). The number of amides is 1. The van der Waals surface area contributed by atoms with Crippen LogP contribution in [0.2, 0.25) is 10.0 Å². The second kappa shape index (κ2) is 10.2. The number of anilines is 1. The van der Waals surface area contributed by atoms with E-state index >= 15 is 0 Å². The van der Waals surface area contributed by atoms with Gasteiger partial charge in [-0.05, 0) is 45.9 Å². The maximum Gasteiger partial charge on any atom is 0.250 e. The lowest BCUT2D eigenvalue weighted by Crippen LogP contribution is -2.54. The smallest absolute Gasteiger partial charge is 0.250 e. The van der Waals surface area contributed by atoms with E-state index < -0.39 is 17.5 Å². The van der Waals surface area contributed by atoms with Gasteiger partial charge in [0.2, 0.25) is 5.91 Å². The molecule has 36 heavy (non-hydrogen) atoms. The zero-order chi connectivity index (χ0) is 26.2. The zero-order valence-electron chi connectivity index (χ0n) is 20.6. The molecule has 192 valence electrons. The molecule has 1 saturated heterocycles. The van der Waals surface area contributed by atoms with Crippen LogP contribution in [0.1, 0.15) is 38.1 Å². The molecule has 0 saturated carbocycles. The van der Waals surface area contributed by atoms with Gasteiger partial charge in [0.25, 0.3) is 0 Å². The number of carbonyl (C=O) groups is 1. The van der Waals surface area contributed by atoms with Gasteiger partial charge in [-0.3, -0.25) is 9.48 Å². The average molecular weight is 535 g/mol. The number of pyridine rings is 1. The molecule has 3 aromatic rings. The number of carbonyl (C=O) groups excluding carboxylic acids is 1. The summed E-state index contributed by atoms with van der Waals surface area (Å²) in [7, 11) is 0. The van der Waals surface area contributed by atoms with Gasteiger partial charge >= 0.3 is 0 Å². The average Bonchev–Trinajstić information content (AvgIpc) is 3.25. The Morgan fingerprint density at radius 2 is 1.94 bits per heavy atom. The van der Waals surface area contributed by atoms with E-state index in [1.54, 1.807) is 30.1 Å². The highest BCUT2D eigenvalue weighted by Gasteiger charge is 2.36. The van der Waals surface area contributed by atoms with Gasteiger partial charge in [-0.15, -0.1) is 0 Å². The van der Waals surface area contributed by atoms with Gasteiger partial charge in [0, 0.05) is 59.8 Å². The predicted molar refractivity (Wildman–Crippen MR) is 139 cm³/mol. The minimum absolute atomic E-state index is 0.0129. The molecule has 2 aromatic heterocycles. The molecule has 0 bridgehead atoms. The predicted octanol–water partition coefficient (Wildman–Crippen LogP) is 4.59. The number of nitrogens with one attached hydrogen (secondary N) is 1. The van der Waals surface area contributed by atoms with Crippen molar-refractivity contribution in [3.05, 3.63) is 57.7 Å². The van der Waals surface area contributed by atoms with Crippen molar-refractivity contribution < 1.29 is 13.9 Å². The summed E-state index contributed by atoms with van der Waals surface area (Å²) in [5.74, 6) is -0.125. The zero-order valence-corrected chi connectivity index (χ0v) is 22.1. The summed E-state index contributed by atoms with van der Waals surface area (Å²) < 4.78 is 21.8. The van der Waals surface area contributed by atoms with Crippen LogP contribution < -0.4 is 15.8 Å². The van der Waals surface area contributed by atoms with E-state index in [2.05, 4.69) is 15.4 Å². The number of aromatic nitrogens is 3. The van der Waals surface area contributed by atoms with E-state index in [0.717, 1.165) is 24.3 Å². The minimum atomic E-state index is -0.875. The van der Waals surface area contributed by atoms with Gasteiger partial charge in [-0.2, -0.15) is 5.10 Å². The summed E-state index contributed by atoms with van der Waals surface area (Å²) >= 11 is 12.4. The quantitative estimate of drug-likeness (QED) is 0.449. The Kier molecular flexibility index (Phi) is 7.45. The van der Waals surface area contributed by atoms with E-state index in [1.807, 2.05) is 25.7 Å². The van der Waals surface area contributed by atoms with Crippen molar-refractivity contribution in [2.45, 2.75) is 39.3 Å². The van der Waals surface area contributed by atoms with Crippen molar-refractivity contribution in [2.24, 2.45) is 0 Å². The first kappa shape index (κ1) is 26.2. The molecule has 1 aromatic carbocycles. The Hall–Kier alpha value is -2.88. The first-order chi connectivity index (χ1) is 17.0. The van der Waals surface area contributed by atoms with Crippen molar-refractivity contribution >= 4 is 34.9 Å². The van der Waals surface area contributed by atoms with Gasteiger partial charge in [-0.1, -0.05) is 23.2 Å². The van der Waals surface area contributed by atoms with Crippen LogP contribution in [0.5, 0.6) is 5.75 Å². The second-order valence-corrected chi connectivity index (χ2v) is 10.1. The molecule has 1 aliphatic rings. The standard InChI is InChI=1S/C25H29Cl2FN6O2/c1-14-17(13-32-34(14)25(3,4)24(35)33-9-7-30-8-10-33)16-11-20(23(29)31-12-16)36-15(2)21-18(26)5-6-19(28)22(21)27/h5-6,11-13,15,30H,7-10H2,1-4H3,(H2,29,31). The van der Waals surface area contributed by atoms with Crippen LogP contribution in [0.25, 0.3) is 11.1 Å². The van der Waals surface area contributed by atoms with E-state index in [4.69, 9.17) is 33.7 Å². The van der Waals surface area contributed by atoms with Crippen LogP contribution in [0, 0.1) is 12.7 Å². The molecule has 1 aliphatic heterocycles. The summed E-state index contributed by atoms with van der Waals surface area (Å²) in [6.45, 7) is 10.2. The molecule has 1 fully saturated rings. The second-order valence-electron chi connectivity index (χ2n) is 9.28. The highest BCUT2D eigenvalue weighted by Crippen LogP contribution is 2.37. The normalized spacial score (nSPS) is 15.1. The largest absolute Gasteiger partial charge is 0.482 e. The first-order valence-electron chi connectivity index (χ1n) is 11.6. The Bertz CT molecular complexity index is 1290. The molecule has 0 aliphatic carbocycles. The highest BCUT2D eigenvalue weighted by atomic mass is 35.5. The third-order valence-electron chi connectivity index (χ3n) is 6.45.